The van der Waals surface area contributed by atoms with Crippen LogP contribution in [-0.2, 0) is 17.8 Å². The predicted molar refractivity (Wildman–Crippen MR) is 130 cm³/mol. The number of ether oxygens (including phenoxy) is 2. The van der Waals surface area contributed by atoms with Crippen molar-refractivity contribution in [1.29, 1.82) is 0 Å². The maximum Gasteiger partial charge on any atom is 0.221 e. The molecule has 2 heterocycles. The molecule has 6 heteroatoms. The molecule has 0 spiro atoms. The number of aryl methyl sites for hydroxylation is 1. The van der Waals surface area contributed by atoms with Crippen molar-refractivity contribution in [3.05, 3.63) is 89.4 Å². The Kier molecular flexibility index (Phi) is 6.93. The summed E-state index contributed by atoms with van der Waals surface area (Å²) in [6.45, 7) is 2.54. The number of carbonyl (C=O) groups excluding carboxylic acids is 1. The van der Waals surface area contributed by atoms with E-state index in [-0.39, 0.29) is 11.8 Å². The lowest BCUT2D eigenvalue weighted by Crippen LogP contribution is -2.25. The van der Waals surface area contributed by atoms with E-state index in [4.69, 9.17) is 9.47 Å². The summed E-state index contributed by atoms with van der Waals surface area (Å²) in [5.41, 5.74) is 5.27. The number of methoxy groups -OCH3 is 2. The second-order valence-corrected chi connectivity index (χ2v) is 7.91. The number of fused-ring (bicyclic) bond motifs is 1. The molecule has 170 valence electrons. The van der Waals surface area contributed by atoms with Crippen molar-refractivity contribution in [2.24, 2.45) is 0 Å². The minimum Gasteiger partial charge on any atom is -0.493 e. The zero-order chi connectivity index (χ0) is 23.2. The highest BCUT2D eigenvalue weighted by atomic mass is 16.5. The van der Waals surface area contributed by atoms with Gasteiger partial charge in [-0.2, -0.15) is 0 Å². The van der Waals surface area contributed by atoms with E-state index < -0.39 is 0 Å². The van der Waals surface area contributed by atoms with E-state index in [9.17, 15) is 4.79 Å². The van der Waals surface area contributed by atoms with Gasteiger partial charge in [-0.05, 0) is 47.4 Å². The summed E-state index contributed by atoms with van der Waals surface area (Å²) in [6, 6.07) is 17.8. The normalized spacial score (nSPS) is 11.8. The number of hydrogen-bond acceptors (Lipinski definition) is 4. The van der Waals surface area contributed by atoms with E-state index in [0.717, 1.165) is 34.1 Å². The molecule has 33 heavy (non-hydrogen) atoms. The molecule has 6 nitrogen and oxygen atoms in total. The molecule has 1 atom stereocenters. The fourth-order valence-corrected chi connectivity index (χ4v) is 4.25. The van der Waals surface area contributed by atoms with Gasteiger partial charge in [-0.25, -0.2) is 0 Å². The molecule has 0 aliphatic carbocycles. The van der Waals surface area contributed by atoms with E-state index in [2.05, 4.69) is 40.4 Å². The van der Waals surface area contributed by atoms with Crippen LogP contribution in [0.4, 0.5) is 0 Å². The van der Waals surface area contributed by atoms with Crippen molar-refractivity contribution in [3.63, 3.8) is 0 Å². The zero-order valence-electron chi connectivity index (χ0n) is 19.2. The Bertz CT molecular complexity index is 1230. The molecule has 4 rings (SSSR count). The molecular weight excluding hydrogens is 414 g/mol. The Morgan fingerprint density at radius 3 is 2.64 bits per heavy atom. The van der Waals surface area contributed by atoms with Gasteiger partial charge in [0.2, 0.25) is 5.91 Å². The first-order valence-corrected chi connectivity index (χ1v) is 11.1. The maximum atomic E-state index is 13.0. The minimum atomic E-state index is -0.158. The molecule has 0 bridgehead atoms. The molecule has 1 unspecified atom stereocenters. The van der Waals surface area contributed by atoms with Gasteiger partial charge in [0.15, 0.2) is 11.5 Å². The van der Waals surface area contributed by atoms with E-state index in [1.165, 1.54) is 5.56 Å². The number of amides is 1. The lowest BCUT2D eigenvalue weighted by atomic mass is 9.87. The molecule has 2 aromatic carbocycles. The van der Waals surface area contributed by atoms with Crippen LogP contribution >= 0.6 is 0 Å². The number of rotatable bonds is 9. The van der Waals surface area contributed by atoms with Crippen LogP contribution in [0.3, 0.4) is 0 Å². The molecular formula is C27H29N3O3. The molecule has 0 aliphatic rings. The lowest BCUT2D eigenvalue weighted by molar-refractivity contribution is -0.121. The molecule has 0 radical (unpaired) electrons. The van der Waals surface area contributed by atoms with Crippen LogP contribution in [0.15, 0.2) is 67.0 Å². The van der Waals surface area contributed by atoms with Crippen LogP contribution in [-0.4, -0.2) is 30.1 Å². The third-order valence-electron chi connectivity index (χ3n) is 5.98. The summed E-state index contributed by atoms with van der Waals surface area (Å²) >= 11 is 0. The van der Waals surface area contributed by atoms with Crippen LogP contribution in [0.5, 0.6) is 11.5 Å². The van der Waals surface area contributed by atoms with Gasteiger partial charge in [-0.15, -0.1) is 0 Å². The van der Waals surface area contributed by atoms with Crippen molar-refractivity contribution in [3.8, 4) is 11.5 Å². The highest BCUT2D eigenvalue weighted by Gasteiger charge is 2.23. The lowest BCUT2D eigenvalue weighted by Gasteiger charge is -2.19. The van der Waals surface area contributed by atoms with E-state index >= 15 is 0 Å². The third kappa shape index (κ3) is 4.85. The average molecular weight is 444 g/mol. The number of nitrogens with one attached hydrogen (secondary N) is 2. The van der Waals surface area contributed by atoms with Gasteiger partial charge in [-0.3, -0.25) is 9.78 Å². The van der Waals surface area contributed by atoms with Crippen LogP contribution < -0.4 is 14.8 Å². The molecule has 0 fully saturated rings. The number of aromatic nitrogens is 2. The summed E-state index contributed by atoms with van der Waals surface area (Å²) in [5, 5.41) is 4.15. The molecule has 2 N–H and O–H groups in total. The van der Waals surface area contributed by atoms with E-state index in [1.807, 2.05) is 42.6 Å². The first-order chi connectivity index (χ1) is 16.1. The number of carbonyl (C=O) groups is 1. The third-order valence-corrected chi connectivity index (χ3v) is 5.98. The number of hydrogen-bond donors (Lipinski definition) is 2. The molecule has 4 aromatic rings. The fraction of sp³-hybridized carbons (Fsp3) is 0.259. The van der Waals surface area contributed by atoms with Crippen LogP contribution in [0.2, 0.25) is 0 Å². The zero-order valence-corrected chi connectivity index (χ0v) is 19.2. The van der Waals surface area contributed by atoms with Gasteiger partial charge >= 0.3 is 0 Å². The summed E-state index contributed by atoms with van der Waals surface area (Å²) in [4.78, 5) is 20.8. The van der Waals surface area contributed by atoms with Crippen LogP contribution in [0.1, 0.15) is 41.6 Å². The Morgan fingerprint density at radius 1 is 1.06 bits per heavy atom. The van der Waals surface area contributed by atoms with Gasteiger partial charge in [-0.1, -0.05) is 37.3 Å². The Labute approximate surface area is 194 Å². The topological polar surface area (TPSA) is 76.2 Å². The van der Waals surface area contributed by atoms with Crippen LogP contribution in [0, 0.1) is 0 Å². The van der Waals surface area contributed by atoms with Gasteiger partial charge in [0.1, 0.15) is 0 Å². The van der Waals surface area contributed by atoms with Crippen molar-refractivity contribution < 1.29 is 14.3 Å². The molecule has 0 saturated heterocycles. The number of benzene rings is 2. The number of nitrogens with zero attached hydrogens (tertiary/aromatic N) is 1. The second-order valence-electron chi connectivity index (χ2n) is 7.91. The average Bonchev–Trinajstić information content (AvgIpc) is 3.30. The Hall–Kier alpha value is -3.80. The standard InChI is InChI=1S/C27H29N3O3/c1-4-18-8-7-10-21-23(17-30-27(18)21)22(19-11-12-24(32-2)25(14-19)33-3)15-26(31)29-16-20-9-5-6-13-28-20/h5-14,17,22,30H,4,15-16H2,1-3H3,(H,29,31). The highest BCUT2D eigenvalue weighted by Crippen LogP contribution is 2.38. The summed E-state index contributed by atoms with van der Waals surface area (Å²) in [7, 11) is 3.24. The van der Waals surface area contributed by atoms with E-state index in [0.29, 0.717) is 24.5 Å². The number of pyridine rings is 1. The van der Waals surface area contributed by atoms with Gasteiger partial charge in [0.25, 0.3) is 0 Å². The number of aromatic amines is 1. The number of para-hydroxylation sites is 1. The molecule has 0 saturated carbocycles. The second kappa shape index (κ2) is 10.2. The van der Waals surface area contributed by atoms with Gasteiger partial charge < -0.3 is 19.8 Å². The Balaban J connectivity index is 1.69. The molecule has 2 aromatic heterocycles. The first kappa shape index (κ1) is 22.4. The maximum absolute atomic E-state index is 13.0. The molecule has 1 amide bonds. The highest BCUT2D eigenvalue weighted by molar-refractivity contribution is 5.88. The Morgan fingerprint density at radius 2 is 1.91 bits per heavy atom. The quantitative estimate of drug-likeness (QED) is 0.382. The number of H-pyrrole nitrogens is 1. The predicted octanol–water partition coefficient (Wildman–Crippen LogP) is 4.98. The van der Waals surface area contributed by atoms with Crippen molar-refractivity contribution >= 4 is 16.8 Å². The van der Waals surface area contributed by atoms with Gasteiger partial charge in [0.05, 0.1) is 26.5 Å². The summed E-state index contributed by atoms with van der Waals surface area (Å²) in [6.07, 6.45) is 4.98. The molecule has 0 aliphatic heterocycles. The van der Waals surface area contributed by atoms with Crippen molar-refractivity contribution in [2.45, 2.75) is 32.2 Å². The first-order valence-electron chi connectivity index (χ1n) is 11.1. The largest absolute Gasteiger partial charge is 0.493 e. The van der Waals surface area contributed by atoms with Crippen molar-refractivity contribution in [2.75, 3.05) is 14.2 Å². The van der Waals surface area contributed by atoms with Crippen molar-refractivity contribution in [1.82, 2.24) is 15.3 Å². The van der Waals surface area contributed by atoms with Crippen LogP contribution in [0.25, 0.3) is 10.9 Å². The fourth-order valence-electron chi connectivity index (χ4n) is 4.25. The monoisotopic (exact) mass is 443 g/mol. The van der Waals surface area contributed by atoms with E-state index in [1.54, 1.807) is 20.4 Å². The smallest absolute Gasteiger partial charge is 0.221 e. The summed E-state index contributed by atoms with van der Waals surface area (Å²) in [5.74, 6) is 1.10. The van der Waals surface area contributed by atoms with Gasteiger partial charge in [0, 0.05) is 35.6 Å². The minimum absolute atomic E-state index is 0.0403. The SMILES string of the molecule is CCc1cccc2c(C(CC(=O)NCc3ccccn3)c3ccc(OC)c(OC)c3)c[nH]c12. The summed E-state index contributed by atoms with van der Waals surface area (Å²) < 4.78 is 11.0.